The fourth-order valence-corrected chi connectivity index (χ4v) is 2.66. The summed E-state index contributed by atoms with van der Waals surface area (Å²) >= 11 is 0. The van der Waals surface area contributed by atoms with E-state index in [1.807, 2.05) is 22.5 Å². The van der Waals surface area contributed by atoms with Gasteiger partial charge in [0.1, 0.15) is 5.52 Å². The Morgan fingerprint density at radius 3 is 2.64 bits per heavy atom. The van der Waals surface area contributed by atoms with Crippen LogP contribution in [0.3, 0.4) is 0 Å². The largest absolute Gasteiger partial charge is 0.399 e. The Balaban J connectivity index is 2.70. The average molecular weight is 206 g/mol. The fraction of sp³-hybridized carbons (Fsp3) is 0.333. The first-order valence-corrected chi connectivity index (χ1v) is 8.04. The zero-order chi connectivity index (χ0) is 10.3. The van der Waals surface area contributed by atoms with E-state index < -0.39 is 8.24 Å². The van der Waals surface area contributed by atoms with Crippen molar-refractivity contribution >= 4 is 25.0 Å². The second kappa shape index (κ2) is 2.81. The molecule has 5 heteroatoms. The van der Waals surface area contributed by atoms with E-state index in [9.17, 15) is 0 Å². The van der Waals surface area contributed by atoms with E-state index >= 15 is 0 Å². The van der Waals surface area contributed by atoms with Gasteiger partial charge in [-0.25, -0.2) is 0 Å². The Hall–Kier alpha value is -1.36. The Morgan fingerprint density at radius 1 is 1.29 bits per heavy atom. The average Bonchev–Trinajstić information content (AvgIpc) is 2.45. The lowest BCUT2D eigenvalue weighted by Crippen LogP contribution is -2.33. The van der Waals surface area contributed by atoms with Crippen molar-refractivity contribution in [1.29, 1.82) is 0 Å². The third kappa shape index (κ3) is 1.39. The summed E-state index contributed by atoms with van der Waals surface area (Å²) in [4.78, 5) is 0. The molecule has 0 unspecified atom stereocenters. The van der Waals surface area contributed by atoms with Gasteiger partial charge in [-0.1, -0.05) is 5.21 Å². The van der Waals surface area contributed by atoms with E-state index in [0.717, 1.165) is 16.7 Å². The topological polar surface area (TPSA) is 56.7 Å². The van der Waals surface area contributed by atoms with Gasteiger partial charge in [0.15, 0.2) is 8.24 Å². The lowest BCUT2D eigenvalue weighted by Gasteiger charge is -2.16. The number of nitrogens with zero attached hydrogens (tertiary/aromatic N) is 3. The van der Waals surface area contributed by atoms with E-state index in [4.69, 9.17) is 5.73 Å². The van der Waals surface area contributed by atoms with Crippen LogP contribution >= 0.6 is 0 Å². The van der Waals surface area contributed by atoms with E-state index in [2.05, 4.69) is 30.0 Å². The van der Waals surface area contributed by atoms with Crippen LogP contribution in [0.15, 0.2) is 18.2 Å². The standard InChI is InChI=1S/C9H14N4Si/c1-14(2,3)13-9-5-4-7(10)6-8(9)11-12-13/h4-6H,10H2,1-3H3. The van der Waals surface area contributed by atoms with Crippen molar-refractivity contribution in [2.45, 2.75) is 19.6 Å². The highest BCUT2D eigenvalue weighted by molar-refractivity contribution is 6.74. The zero-order valence-corrected chi connectivity index (χ0v) is 9.65. The van der Waals surface area contributed by atoms with Gasteiger partial charge < -0.3 is 5.73 Å². The number of hydrogen-bond acceptors (Lipinski definition) is 3. The van der Waals surface area contributed by atoms with Gasteiger partial charge in [-0.2, -0.15) is 0 Å². The van der Waals surface area contributed by atoms with E-state index in [1.54, 1.807) is 0 Å². The van der Waals surface area contributed by atoms with Crippen molar-refractivity contribution in [3.63, 3.8) is 0 Å². The minimum absolute atomic E-state index is 0.736. The molecule has 2 N–H and O–H groups in total. The molecule has 1 heterocycles. The summed E-state index contributed by atoms with van der Waals surface area (Å²) < 4.78 is 2.04. The molecular formula is C9H14N4Si. The van der Waals surface area contributed by atoms with Crippen LogP contribution in [0, 0.1) is 0 Å². The molecule has 0 fully saturated rings. The Bertz CT molecular complexity index is 469. The predicted octanol–water partition coefficient (Wildman–Crippen LogP) is 1.70. The second-order valence-corrected chi connectivity index (χ2v) is 9.19. The van der Waals surface area contributed by atoms with Gasteiger partial charge in [-0.05, 0) is 37.8 Å². The quantitative estimate of drug-likeness (QED) is 0.570. The summed E-state index contributed by atoms with van der Waals surface area (Å²) in [5.74, 6) is 0. The maximum Gasteiger partial charge on any atom is 0.179 e. The van der Waals surface area contributed by atoms with Crippen LogP contribution in [0.25, 0.3) is 11.0 Å². The number of anilines is 1. The Morgan fingerprint density at radius 2 is 2.00 bits per heavy atom. The molecule has 0 saturated carbocycles. The summed E-state index contributed by atoms with van der Waals surface area (Å²) in [6.07, 6.45) is 0. The molecule has 1 aromatic carbocycles. The molecule has 14 heavy (non-hydrogen) atoms. The van der Waals surface area contributed by atoms with Crippen molar-refractivity contribution in [3.05, 3.63) is 18.2 Å². The van der Waals surface area contributed by atoms with Gasteiger partial charge in [0.25, 0.3) is 0 Å². The normalized spacial score (nSPS) is 12.2. The molecule has 4 nitrogen and oxygen atoms in total. The monoisotopic (exact) mass is 206 g/mol. The van der Waals surface area contributed by atoms with Gasteiger partial charge in [0.2, 0.25) is 0 Å². The molecule has 2 aromatic rings. The van der Waals surface area contributed by atoms with Crippen LogP contribution in [-0.4, -0.2) is 22.9 Å². The van der Waals surface area contributed by atoms with E-state index in [1.165, 1.54) is 0 Å². The van der Waals surface area contributed by atoms with Crippen molar-refractivity contribution in [1.82, 2.24) is 14.7 Å². The van der Waals surface area contributed by atoms with Gasteiger partial charge >= 0.3 is 0 Å². The Kier molecular flexibility index (Phi) is 1.85. The summed E-state index contributed by atoms with van der Waals surface area (Å²) in [5.41, 5.74) is 8.38. The third-order valence-corrected chi connectivity index (χ3v) is 3.71. The number of benzene rings is 1. The lowest BCUT2D eigenvalue weighted by molar-refractivity contribution is 0.862. The number of rotatable bonds is 1. The molecule has 2 rings (SSSR count). The molecule has 0 aliphatic rings. The molecule has 0 saturated heterocycles. The zero-order valence-electron chi connectivity index (χ0n) is 8.65. The van der Waals surface area contributed by atoms with Crippen LogP contribution in [0.5, 0.6) is 0 Å². The van der Waals surface area contributed by atoms with Crippen molar-refractivity contribution in [3.8, 4) is 0 Å². The summed E-state index contributed by atoms with van der Waals surface area (Å²) in [7, 11) is -1.46. The first-order valence-electron chi connectivity index (χ1n) is 4.60. The maximum atomic E-state index is 5.68. The molecule has 0 aliphatic carbocycles. The molecule has 0 atom stereocenters. The number of nitrogen functional groups attached to an aromatic ring is 1. The predicted molar refractivity (Wildman–Crippen MR) is 60.7 cm³/mol. The third-order valence-electron chi connectivity index (χ3n) is 2.10. The van der Waals surface area contributed by atoms with Crippen LogP contribution in [0.2, 0.25) is 19.6 Å². The van der Waals surface area contributed by atoms with E-state index in [-0.39, 0.29) is 0 Å². The maximum absolute atomic E-state index is 5.68. The number of aromatic nitrogens is 3. The number of nitrogens with two attached hydrogens (primary N) is 1. The molecule has 0 aliphatic heterocycles. The minimum atomic E-state index is -1.46. The van der Waals surface area contributed by atoms with Crippen LogP contribution in [0.1, 0.15) is 0 Å². The second-order valence-electron chi connectivity index (χ2n) is 4.42. The highest BCUT2D eigenvalue weighted by Crippen LogP contribution is 2.17. The fourth-order valence-electron chi connectivity index (χ4n) is 1.44. The summed E-state index contributed by atoms with van der Waals surface area (Å²) in [5, 5.41) is 8.29. The highest BCUT2D eigenvalue weighted by Gasteiger charge is 2.20. The number of fused-ring (bicyclic) bond motifs is 1. The SMILES string of the molecule is C[Si](C)(C)n1nnc2cc(N)ccc21. The lowest BCUT2D eigenvalue weighted by atomic mass is 10.3. The van der Waals surface area contributed by atoms with Crippen LogP contribution in [-0.2, 0) is 0 Å². The summed E-state index contributed by atoms with van der Waals surface area (Å²) in [6, 6.07) is 5.74. The number of hydrogen-bond donors (Lipinski definition) is 1. The van der Waals surface area contributed by atoms with Crippen molar-refractivity contribution in [2.75, 3.05) is 5.73 Å². The summed E-state index contributed by atoms with van der Waals surface area (Å²) in [6.45, 7) is 6.70. The minimum Gasteiger partial charge on any atom is -0.399 e. The highest BCUT2D eigenvalue weighted by atomic mass is 28.3. The van der Waals surface area contributed by atoms with E-state index in [0.29, 0.717) is 0 Å². The van der Waals surface area contributed by atoms with Gasteiger partial charge in [0, 0.05) is 5.69 Å². The van der Waals surface area contributed by atoms with Crippen molar-refractivity contribution in [2.24, 2.45) is 0 Å². The van der Waals surface area contributed by atoms with Gasteiger partial charge in [0.05, 0.1) is 5.52 Å². The van der Waals surface area contributed by atoms with Crippen LogP contribution in [0.4, 0.5) is 5.69 Å². The first kappa shape index (κ1) is 9.20. The first-order chi connectivity index (χ1) is 6.48. The van der Waals surface area contributed by atoms with Crippen LogP contribution < -0.4 is 5.73 Å². The van der Waals surface area contributed by atoms with Gasteiger partial charge in [-0.3, -0.25) is 4.35 Å². The molecule has 74 valence electrons. The molecule has 0 bridgehead atoms. The van der Waals surface area contributed by atoms with Crippen molar-refractivity contribution < 1.29 is 0 Å². The molecule has 0 spiro atoms. The van der Waals surface area contributed by atoms with Gasteiger partial charge in [-0.15, -0.1) is 5.10 Å². The molecule has 0 radical (unpaired) electrons. The molecule has 0 amide bonds. The molecule has 1 aromatic heterocycles. The Labute approximate surface area is 83.8 Å². The smallest absolute Gasteiger partial charge is 0.179 e. The molecular weight excluding hydrogens is 192 g/mol.